The fourth-order valence-corrected chi connectivity index (χ4v) is 1.90. The van der Waals surface area contributed by atoms with E-state index in [0.717, 1.165) is 0 Å². The van der Waals surface area contributed by atoms with E-state index in [2.05, 4.69) is 26.6 Å². The van der Waals surface area contributed by atoms with Gasteiger partial charge in [0, 0.05) is 24.7 Å². The molecule has 0 fully saturated rings. The van der Waals surface area contributed by atoms with E-state index in [4.69, 9.17) is 5.11 Å². The van der Waals surface area contributed by atoms with Crippen molar-refractivity contribution in [1.29, 1.82) is 0 Å². The number of carboxylic acids is 1. The Labute approximate surface area is 128 Å². The van der Waals surface area contributed by atoms with Crippen LogP contribution in [0, 0.1) is 10.1 Å². The van der Waals surface area contributed by atoms with Gasteiger partial charge in [-0.15, -0.1) is 0 Å². The average molecular weight is 360 g/mol. The van der Waals surface area contributed by atoms with Crippen LogP contribution in [0.25, 0.3) is 0 Å². The molecule has 0 aliphatic carbocycles. The first-order chi connectivity index (χ1) is 9.90. The summed E-state index contributed by atoms with van der Waals surface area (Å²) >= 11 is 3.05. The molecular formula is C12H14BrN3O5. The first-order valence-corrected chi connectivity index (χ1v) is 6.90. The molecule has 0 bridgehead atoms. The third-order valence-corrected chi connectivity index (χ3v) is 3.17. The Kier molecular flexibility index (Phi) is 6.60. The minimum Gasteiger partial charge on any atom is -0.481 e. The standard InChI is InChI=1S/C12H14BrN3O5/c13-9-5-4-8(7-10(9)16(20)21)15-12(19)14-6-2-1-3-11(17)18/h4-5,7H,1-3,6H2,(H,17,18)(H2,14,15,19). The van der Waals surface area contributed by atoms with Crippen molar-refractivity contribution in [2.45, 2.75) is 19.3 Å². The maximum atomic E-state index is 11.6. The van der Waals surface area contributed by atoms with Gasteiger partial charge in [0.15, 0.2) is 0 Å². The van der Waals surface area contributed by atoms with Gasteiger partial charge in [-0.25, -0.2) is 4.79 Å². The fourth-order valence-electron chi connectivity index (χ4n) is 1.51. The van der Waals surface area contributed by atoms with E-state index in [1.54, 1.807) is 0 Å². The molecule has 3 N–H and O–H groups in total. The van der Waals surface area contributed by atoms with E-state index in [9.17, 15) is 19.7 Å². The Hall–Kier alpha value is -2.16. The quantitative estimate of drug-likeness (QED) is 0.392. The van der Waals surface area contributed by atoms with E-state index >= 15 is 0 Å². The van der Waals surface area contributed by atoms with Crippen LogP contribution in [0.4, 0.5) is 16.2 Å². The van der Waals surface area contributed by atoms with Crippen molar-refractivity contribution < 1.29 is 19.6 Å². The van der Waals surface area contributed by atoms with E-state index in [1.165, 1.54) is 18.2 Å². The number of unbranched alkanes of at least 4 members (excludes halogenated alkanes) is 1. The molecule has 0 saturated heterocycles. The molecule has 0 aromatic heterocycles. The SMILES string of the molecule is O=C(O)CCCCNC(=O)Nc1ccc(Br)c([N+](=O)[O-])c1. The molecule has 2 amide bonds. The maximum Gasteiger partial charge on any atom is 0.319 e. The van der Waals surface area contributed by atoms with Gasteiger partial charge in [0.1, 0.15) is 0 Å². The molecule has 0 aliphatic heterocycles. The van der Waals surface area contributed by atoms with Crippen LogP contribution in [0.2, 0.25) is 0 Å². The predicted molar refractivity (Wildman–Crippen MR) is 79.3 cm³/mol. The highest BCUT2D eigenvalue weighted by Gasteiger charge is 2.13. The van der Waals surface area contributed by atoms with E-state index in [1.807, 2.05) is 0 Å². The van der Waals surface area contributed by atoms with Crippen molar-refractivity contribution in [3.8, 4) is 0 Å². The molecule has 21 heavy (non-hydrogen) atoms. The summed E-state index contributed by atoms with van der Waals surface area (Å²) in [5.74, 6) is -0.873. The number of halogens is 1. The lowest BCUT2D eigenvalue weighted by atomic mass is 10.2. The Bertz CT molecular complexity index is 550. The number of amides is 2. The number of nitro benzene ring substituents is 1. The van der Waals surface area contributed by atoms with E-state index < -0.39 is 16.9 Å². The molecule has 1 rings (SSSR count). The van der Waals surface area contributed by atoms with Gasteiger partial charge in [0.25, 0.3) is 5.69 Å². The van der Waals surface area contributed by atoms with Gasteiger partial charge in [-0.05, 0) is 40.9 Å². The van der Waals surface area contributed by atoms with Gasteiger partial charge >= 0.3 is 12.0 Å². The van der Waals surface area contributed by atoms with Crippen molar-refractivity contribution in [1.82, 2.24) is 5.32 Å². The molecule has 1 aromatic rings. The van der Waals surface area contributed by atoms with Gasteiger partial charge in [0.2, 0.25) is 0 Å². The topological polar surface area (TPSA) is 122 Å². The van der Waals surface area contributed by atoms with Crippen molar-refractivity contribution in [3.63, 3.8) is 0 Å². The summed E-state index contributed by atoms with van der Waals surface area (Å²) in [4.78, 5) is 32.1. The zero-order chi connectivity index (χ0) is 15.8. The van der Waals surface area contributed by atoms with Crippen molar-refractivity contribution >= 4 is 39.3 Å². The molecule has 114 valence electrons. The molecule has 0 saturated carbocycles. The summed E-state index contributed by atoms with van der Waals surface area (Å²) in [6.07, 6.45) is 1.07. The number of hydrogen-bond acceptors (Lipinski definition) is 4. The van der Waals surface area contributed by atoms with Crippen LogP contribution in [-0.4, -0.2) is 28.6 Å². The van der Waals surface area contributed by atoms with Crippen molar-refractivity contribution in [2.75, 3.05) is 11.9 Å². The smallest absolute Gasteiger partial charge is 0.319 e. The highest BCUT2D eigenvalue weighted by Crippen LogP contribution is 2.27. The molecule has 0 atom stereocenters. The largest absolute Gasteiger partial charge is 0.481 e. The monoisotopic (exact) mass is 359 g/mol. The number of anilines is 1. The normalized spacial score (nSPS) is 9.95. The minimum absolute atomic E-state index is 0.0577. The van der Waals surface area contributed by atoms with Crippen LogP contribution in [0.15, 0.2) is 22.7 Å². The molecule has 9 heteroatoms. The highest BCUT2D eigenvalue weighted by atomic mass is 79.9. The first-order valence-electron chi connectivity index (χ1n) is 6.10. The van der Waals surface area contributed by atoms with Gasteiger partial charge < -0.3 is 15.7 Å². The molecule has 0 radical (unpaired) electrons. The van der Waals surface area contributed by atoms with Crippen LogP contribution in [0.5, 0.6) is 0 Å². The molecule has 0 spiro atoms. The van der Waals surface area contributed by atoms with Gasteiger partial charge in [0.05, 0.1) is 9.40 Å². The van der Waals surface area contributed by atoms with E-state index in [0.29, 0.717) is 29.5 Å². The van der Waals surface area contributed by atoms with Gasteiger partial charge in [-0.1, -0.05) is 0 Å². The number of nitrogens with zero attached hydrogens (tertiary/aromatic N) is 1. The number of urea groups is 1. The third kappa shape index (κ3) is 6.21. The van der Waals surface area contributed by atoms with Crippen molar-refractivity contribution in [3.05, 3.63) is 32.8 Å². The highest BCUT2D eigenvalue weighted by molar-refractivity contribution is 9.10. The Morgan fingerprint density at radius 2 is 2.05 bits per heavy atom. The maximum absolute atomic E-state index is 11.6. The Morgan fingerprint density at radius 1 is 1.33 bits per heavy atom. The molecule has 0 aliphatic rings. The number of rotatable bonds is 7. The van der Waals surface area contributed by atoms with Crippen LogP contribution in [-0.2, 0) is 4.79 Å². The lowest BCUT2D eigenvalue weighted by molar-refractivity contribution is -0.385. The second-order valence-corrected chi connectivity index (χ2v) is 5.01. The van der Waals surface area contributed by atoms with E-state index in [-0.39, 0.29) is 12.1 Å². The number of benzene rings is 1. The summed E-state index contributed by atoms with van der Waals surface area (Å²) in [5.41, 5.74) is 0.155. The van der Waals surface area contributed by atoms with Crippen molar-refractivity contribution in [2.24, 2.45) is 0 Å². The summed E-state index contributed by atoms with van der Waals surface area (Å²) < 4.78 is 0.326. The third-order valence-electron chi connectivity index (χ3n) is 2.50. The molecular weight excluding hydrogens is 346 g/mol. The number of nitrogens with one attached hydrogen (secondary N) is 2. The zero-order valence-electron chi connectivity index (χ0n) is 11.0. The minimum atomic E-state index is -0.873. The number of nitro groups is 1. The number of carboxylic acid groups (broad SMARTS) is 1. The lowest BCUT2D eigenvalue weighted by Gasteiger charge is -2.07. The molecule has 1 aromatic carbocycles. The number of hydrogen-bond donors (Lipinski definition) is 3. The summed E-state index contributed by atoms with van der Waals surface area (Å²) in [5, 5.41) is 24.2. The Morgan fingerprint density at radius 3 is 2.67 bits per heavy atom. The fraction of sp³-hybridized carbons (Fsp3) is 0.333. The average Bonchev–Trinajstić information content (AvgIpc) is 2.40. The second-order valence-electron chi connectivity index (χ2n) is 4.16. The first kappa shape index (κ1) is 16.9. The second kappa shape index (κ2) is 8.20. The van der Waals surface area contributed by atoms with Gasteiger partial charge in [-0.3, -0.25) is 14.9 Å². The molecule has 0 heterocycles. The number of carbonyl (C=O) groups excluding carboxylic acids is 1. The number of aliphatic carboxylic acids is 1. The predicted octanol–water partition coefficient (Wildman–Crippen LogP) is 2.73. The zero-order valence-corrected chi connectivity index (χ0v) is 12.6. The number of carbonyl (C=O) groups is 2. The summed E-state index contributed by atoms with van der Waals surface area (Å²) in [7, 11) is 0. The van der Waals surface area contributed by atoms with Crippen LogP contribution < -0.4 is 10.6 Å². The lowest BCUT2D eigenvalue weighted by Crippen LogP contribution is -2.29. The van der Waals surface area contributed by atoms with Gasteiger partial charge in [-0.2, -0.15) is 0 Å². The molecule has 8 nitrogen and oxygen atoms in total. The van der Waals surface area contributed by atoms with Crippen LogP contribution >= 0.6 is 15.9 Å². The Balaban J connectivity index is 2.43. The molecule has 0 unspecified atom stereocenters. The summed E-state index contributed by atoms with van der Waals surface area (Å²) in [6.45, 7) is 0.331. The van der Waals surface area contributed by atoms with Crippen LogP contribution in [0.3, 0.4) is 0 Å². The van der Waals surface area contributed by atoms with Crippen LogP contribution in [0.1, 0.15) is 19.3 Å². The summed E-state index contributed by atoms with van der Waals surface area (Å²) in [6, 6.07) is 3.75.